The van der Waals surface area contributed by atoms with Crippen molar-refractivity contribution in [3.05, 3.63) is 88.6 Å². The molecule has 1 aromatic carbocycles. The van der Waals surface area contributed by atoms with Gasteiger partial charge in [0.05, 0.1) is 0 Å². The molecule has 3 aromatic rings. The number of nitrogens with zero attached hydrogens (tertiary/aromatic N) is 3. The molecule has 1 aliphatic rings. The lowest BCUT2D eigenvalue weighted by Gasteiger charge is -2.32. The second kappa shape index (κ2) is 8.95. The SMILES string of the molecule is Cn1c(C2CCN(C(=O)OCc3ccccc3)CC2)cc(-c2ccncc2)cc1=O. The van der Waals surface area contributed by atoms with Gasteiger partial charge >= 0.3 is 6.09 Å². The number of piperidine rings is 1. The first-order chi connectivity index (χ1) is 14.6. The van der Waals surface area contributed by atoms with Gasteiger partial charge in [-0.3, -0.25) is 9.78 Å². The van der Waals surface area contributed by atoms with Gasteiger partial charge < -0.3 is 14.2 Å². The number of hydrogen-bond donors (Lipinski definition) is 0. The molecule has 30 heavy (non-hydrogen) atoms. The van der Waals surface area contributed by atoms with Gasteiger partial charge in [-0.05, 0) is 47.7 Å². The molecule has 1 aliphatic heterocycles. The predicted octanol–water partition coefficient (Wildman–Crippen LogP) is 3.96. The van der Waals surface area contributed by atoms with Crippen LogP contribution in [0.15, 0.2) is 71.8 Å². The van der Waals surface area contributed by atoms with E-state index in [0.29, 0.717) is 13.1 Å². The molecular formula is C24H25N3O3. The fourth-order valence-corrected chi connectivity index (χ4v) is 3.93. The van der Waals surface area contributed by atoms with Crippen molar-refractivity contribution in [2.75, 3.05) is 13.1 Å². The highest BCUT2D eigenvalue weighted by molar-refractivity contribution is 5.68. The molecule has 6 heteroatoms. The highest BCUT2D eigenvalue weighted by atomic mass is 16.6. The summed E-state index contributed by atoms with van der Waals surface area (Å²) in [5.74, 6) is 0.225. The van der Waals surface area contributed by atoms with Crippen molar-refractivity contribution in [2.24, 2.45) is 7.05 Å². The Labute approximate surface area is 175 Å². The minimum atomic E-state index is -0.281. The Morgan fingerprint density at radius 1 is 1.03 bits per heavy atom. The number of benzene rings is 1. The molecule has 0 radical (unpaired) electrons. The molecule has 1 amide bonds. The second-order valence-electron chi connectivity index (χ2n) is 7.60. The summed E-state index contributed by atoms with van der Waals surface area (Å²) in [7, 11) is 1.81. The van der Waals surface area contributed by atoms with E-state index in [1.165, 1.54) is 0 Å². The van der Waals surface area contributed by atoms with Crippen LogP contribution >= 0.6 is 0 Å². The molecule has 0 bridgehead atoms. The van der Waals surface area contributed by atoms with Crippen molar-refractivity contribution in [2.45, 2.75) is 25.4 Å². The fraction of sp³-hybridized carbons (Fsp3) is 0.292. The van der Waals surface area contributed by atoms with Gasteiger partial charge in [-0.1, -0.05) is 30.3 Å². The lowest BCUT2D eigenvalue weighted by molar-refractivity contribution is 0.0866. The predicted molar refractivity (Wildman–Crippen MR) is 115 cm³/mol. The first kappa shape index (κ1) is 19.9. The summed E-state index contributed by atoms with van der Waals surface area (Å²) in [6.45, 7) is 1.51. The molecular weight excluding hydrogens is 378 g/mol. The van der Waals surface area contributed by atoms with E-state index in [0.717, 1.165) is 35.2 Å². The van der Waals surface area contributed by atoms with Crippen molar-refractivity contribution in [3.8, 4) is 11.1 Å². The summed E-state index contributed by atoms with van der Waals surface area (Å²) in [4.78, 5) is 30.8. The third-order valence-electron chi connectivity index (χ3n) is 5.69. The lowest BCUT2D eigenvalue weighted by atomic mass is 9.91. The van der Waals surface area contributed by atoms with E-state index < -0.39 is 0 Å². The van der Waals surface area contributed by atoms with E-state index in [2.05, 4.69) is 11.1 Å². The molecule has 0 spiro atoms. The van der Waals surface area contributed by atoms with E-state index in [4.69, 9.17) is 4.74 Å². The number of carbonyl (C=O) groups is 1. The molecule has 0 unspecified atom stereocenters. The summed E-state index contributed by atoms with van der Waals surface area (Å²) in [6, 6.07) is 17.2. The largest absolute Gasteiger partial charge is 0.445 e. The number of hydrogen-bond acceptors (Lipinski definition) is 4. The Bertz CT molecular complexity index is 1060. The van der Waals surface area contributed by atoms with E-state index in [1.807, 2.05) is 49.5 Å². The van der Waals surface area contributed by atoms with Crippen LogP contribution in [0.25, 0.3) is 11.1 Å². The Balaban J connectivity index is 1.42. The van der Waals surface area contributed by atoms with Gasteiger partial charge in [0.1, 0.15) is 6.61 Å². The Morgan fingerprint density at radius 3 is 2.43 bits per heavy atom. The van der Waals surface area contributed by atoms with E-state index in [-0.39, 0.29) is 24.2 Å². The fourth-order valence-electron chi connectivity index (χ4n) is 3.93. The third-order valence-corrected chi connectivity index (χ3v) is 5.69. The van der Waals surface area contributed by atoms with E-state index in [9.17, 15) is 9.59 Å². The first-order valence-corrected chi connectivity index (χ1v) is 10.2. The summed E-state index contributed by atoms with van der Waals surface area (Å²) in [5.41, 5.74) is 3.84. The molecule has 0 aliphatic carbocycles. The third kappa shape index (κ3) is 4.43. The average molecular weight is 403 g/mol. The summed E-state index contributed by atoms with van der Waals surface area (Å²) in [5, 5.41) is 0. The minimum Gasteiger partial charge on any atom is -0.445 e. The van der Waals surface area contributed by atoms with Crippen LogP contribution in [0, 0.1) is 0 Å². The zero-order valence-corrected chi connectivity index (χ0v) is 17.0. The summed E-state index contributed by atoms with van der Waals surface area (Å²) in [6.07, 6.45) is 4.77. The average Bonchev–Trinajstić information content (AvgIpc) is 2.80. The molecule has 6 nitrogen and oxygen atoms in total. The van der Waals surface area contributed by atoms with Crippen LogP contribution < -0.4 is 5.56 Å². The summed E-state index contributed by atoms with van der Waals surface area (Å²) >= 11 is 0. The molecule has 0 N–H and O–H groups in total. The van der Waals surface area contributed by atoms with Gasteiger partial charge in [-0.2, -0.15) is 0 Å². The number of amides is 1. The van der Waals surface area contributed by atoms with E-state index in [1.54, 1.807) is 27.9 Å². The molecule has 0 atom stereocenters. The van der Waals surface area contributed by atoms with Gasteiger partial charge in [-0.15, -0.1) is 0 Å². The summed E-state index contributed by atoms with van der Waals surface area (Å²) < 4.78 is 7.18. The van der Waals surface area contributed by atoms with Gasteiger partial charge in [0.25, 0.3) is 5.56 Å². The van der Waals surface area contributed by atoms with E-state index >= 15 is 0 Å². The number of pyridine rings is 2. The number of carbonyl (C=O) groups excluding carboxylic acids is 1. The van der Waals surface area contributed by atoms with Crippen molar-refractivity contribution in [3.63, 3.8) is 0 Å². The molecule has 1 fully saturated rings. The first-order valence-electron chi connectivity index (χ1n) is 10.2. The zero-order chi connectivity index (χ0) is 20.9. The van der Waals surface area contributed by atoms with Crippen LogP contribution in [0.4, 0.5) is 4.79 Å². The number of aromatic nitrogens is 2. The number of ether oxygens (including phenoxy) is 1. The normalized spacial score (nSPS) is 14.5. The van der Waals surface area contributed by atoms with Crippen molar-refractivity contribution >= 4 is 6.09 Å². The Hall–Kier alpha value is -3.41. The minimum absolute atomic E-state index is 0.0241. The molecule has 3 heterocycles. The molecule has 4 rings (SSSR count). The number of likely N-dealkylation sites (tertiary alicyclic amines) is 1. The maximum Gasteiger partial charge on any atom is 0.410 e. The smallest absolute Gasteiger partial charge is 0.410 e. The quantitative estimate of drug-likeness (QED) is 0.661. The lowest BCUT2D eigenvalue weighted by Crippen LogP contribution is -2.39. The van der Waals surface area contributed by atoms with Gasteiger partial charge in [0, 0.05) is 50.2 Å². The van der Waals surface area contributed by atoms with Gasteiger partial charge in [0.2, 0.25) is 0 Å². The highest BCUT2D eigenvalue weighted by Crippen LogP contribution is 2.30. The topological polar surface area (TPSA) is 64.4 Å². The Kier molecular flexibility index (Phi) is 5.93. The monoisotopic (exact) mass is 403 g/mol. The van der Waals surface area contributed by atoms with Gasteiger partial charge in [0.15, 0.2) is 0 Å². The highest BCUT2D eigenvalue weighted by Gasteiger charge is 2.26. The van der Waals surface area contributed by atoms with Crippen LogP contribution in [-0.4, -0.2) is 33.6 Å². The van der Waals surface area contributed by atoms with Crippen LogP contribution in [0.2, 0.25) is 0 Å². The van der Waals surface area contributed by atoms with Crippen molar-refractivity contribution in [1.82, 2.24) is 14.5 Å². The van der Waals surface area contributed by atoms with Crippen LogP contribution in [0.5, 0.6) is 0 Å². The van der Waals surface area contributed by atoms with Crippen molar-refractivity contribution < 1.29 is 9.53 Å². The number of rotatable bonds is 4. The molecule has 154 valence electrons. The maximum atomic E-state index is 12.5. The zero-order valence-electron chi connectivity index (χ0n) is 17.0. The van der Waals surface area contributed by atoms with Crippen molar-refractivity contribution in [1.29, 1.82) is 0 Å². The molecule has 0 saturated carbocycles. The standard InChI is InChI=1S/C24H25N3O3/c1-26-22(15-21(16-23(26)28)19-7-11-25-12-8-19)20-9-13-27(14-10-20)24(29)30-17-18-5-3-2-4-6-18/h2-8,11-12,15-16,20H,9-10,13-14,17H2,1H3. The second-order valence-corrected chi connectivity index (χ2v) is 7.60. The Morgan fingerprint density at radius 2 is 1.73 bits per heavy atom. The molecule has 1 saturated heterocycles. The van der Waals surface area contributed by atoms with Gasteiger partial charge in [-0.25, -0.2) is 4.79 Å². The van der Waals surface area contributed by atoms with Crippen LogP contribution in [-0.2, 0) is 18.4 Å². The van der Waals surface area contributed by atoms with Crippen LogP contribution in [0.1, 0.15) is 30.0 Å². The van der Waals surface area contributed by atoms with Crippen LogP contribution in [0.3, 0.4) is 0 Å². The molecule has 2 aromatic heterocycles. The maximum absolute atomic E-state index is 12.5.